The molecule has 12 heteroatoms. The number of imide groups is 1. The number of piperidine rings is 2. The zero-order valence-corrected chi connectivity index (χ0v) is 19.8. The second-order valence-electron chi connectivity index (χ2n) is 9.59. The highest BCUT2D eigenvalue weighted by Crippen LogP contribution is 2.35. The van der Waals surface area contributed by atoms with Crippen LogP contribution >= 0.6 is 0 Å². The molecule has 0 radical (unpaired) electrons. The maximum Gasteiger partial charge on any atom is 0.573 e. The fourth-order valence-corrected chi connectivity index (χ4v) is 5.09. The van der Waals surface area contributed by atoms with Crippen LogP contribution in [0.3, 0.4) is 0 Å². The van der Waals surface area contributed by atoms with E-state index < -0.39 is 23.9 Å². The normalized spacial score (nSPS) is 22.1. The number of hydrogen-bond acceptors (Lipinski definition) is 7. The Kier molecular flexibility index (Phi) is 6.40. The van der Waals surface area contributed by atoms with Crippen LogP contribution in [0.4, 0.5) is 13.2 Å². The molecule has 3 aliphatic heterocycles. The number of hydrogen-bond donors (Lipinski definition) is 2. The van der Waals surface area contributed by atoms with Gasteiger partial charge in [0.2, 0.25) is 11.8 Å². The number of halogens is 3. The second-order valence-corrected chi connectivity index (χ2v) is 9.59. The van der Waals surface area contributed by atoms with Gasteiger partial charge in [0.25, 0.3) is 5.91 Å². The maximum absolute atomic E-state index is 12.9. The molecule has 2 aromatic rings. The van der Waals surface area contributed by atoms with E-state index in [0.29, 0.717) is 49.4 Å². The van der Waals surface area contributed by atoms with Gasteiger partial charge in [-0.2, -0.15) is 0 Å². The van der Waals surface area contributed by atoms with Gasteiger partial charge in [-0.1, -0.05) is 12.1 Å². The number of carbonyl (C=O) groups excluding carboxylic acids is 3. The van der Waals surface area contributed by atoms with Crippen LogP contribution in [0.15, 0.2) is 36.4 Å². The average molecular weight is 518 g/mol. The Morgan fingerprint density at radius 2 is 1.78 bits per heavy atom. The highest BCUT2D eigenvalue weighted by atomic mass is 19.4. The lowest BCUT2D eigenvalue weighted by molar-refractivity contribution is -0.274. The number of nitrogens with zero attached hydrogens (tertiary/aromatic N) is 3. The molecule has 3 amide bonds. The molecule has 2 N–H and O–H groups in total. The van der Waals surface area contributed by atoms with E-state index >= 15 is 0 Å². The third kappa shape index (κ3) is 5.30. The lowest BCUT2D eigenvalue weighted by Crippen LogP contribution is -2.52. The fourth-order valence-electron chi connectivity index (χ4n) is 5.09. The fraction of sp³-hybridized carbons (Fsp3) is 0.440. The topological polar surface area (TPSA) is 112 Å². The third-order valence-corrected chi connectivity index (χ3v) is 7.10. The largest absolute Gasteiger partial charge is 0.573 e. The second kappa shape index (κ2) is 9.42. The van der Waals surface area contributed by atoms with E-state index in [2.05, 4.69) is 19.9 Å². The molecule has 2 fully saturated rings. The van der Waals surface area contributed by atoms with Crippen molar-refractivity contribution in [3.63, 3.8) is 0 Å². The number of benzene rings is 1. The summed E-state index contributed by atoms with van der Waals surface area (Å²) in [5, 5.41) is 13.6. The van der Waals surface area contributed by atoms with E-state index in [1.807, 2.05) is 0 Å². The number of alkyl halides is 3. The number of aliphatic hydroxyl groups is 1. The summed E-state index contributed by atoms with van der Waals surface area (Å²) in [6.07, 6.45) is -3.54. The maximum atomic E-state index is 12.9. The van der Waals surface area contributed by atoms with E-state index in [1.165, 1.54) is 17.0 Å². The van der Waals surface area contributed by atoms with Gasteiger partial charge < -0.3 is 14.7 Å². The number of rotatable bonds is 5. The number of pyridine rings is 1. The average Bonchev–Trinajstić information content (AvgIpc) is 3.16. The first-order valence-electron chi connectivity index (χ1n) is 12.0. The van der Waals surface area contributed by atoms with Gasteiger partial charge in [-0.15, -0.1) is 13.2 Å². The molecule has 3 aliphatic rings. The van der Waals surface area contributed by atoms with Crippen LogP contribution in [-0.2, 0) is 28.3 Å². The minimum atomic E-state index is -4.74. The van der Waals surface area contributed by atoms with Crippen molar-refractivity contribution >= 4 is 17.7 Å². The quantitative estimate of drug-likeness (QED) is 0.584. The summed E-state index contributed by atoms with van der Waals surface area (Å²) in [5.74, 6) is -1.45. The zero-order chi connectivity index (χ0) is 26.4. The highest BCUT2D eigenvalue weighted by Gasteiger charge is 2.41. The summed E-state index contributed by atoms with van der Waals surface area (Å²) < 4.78 is 40.9. The molecule has 5 rings (SSSR count). The van der Waals surface area contributed by atoms with Crippen molar-refractivity contribution in [2.75, 3.05) is 13.1 Å². The summed E-state index contributed by atoms with van der Waals surface area (Å²) in [4.78, 5) is 44.7. The molecule has 1 aromatic heterocycles. The third-order valence-electron chi connectivity index (χ3n) is 7.10. The minimum absolute atomic E-state index is 0.130. The van der Waals surface area contributed by atoms with Crippen LogP contribution in [0.2, 0.25) is 0 Å². The number of aromatic nitrogens is 1. The summed E-state index contributed by atoms with van der Waals surface area (Å²) in [7, 11) is 0. The lowest BCUT2D eigenvalue weighted by Gasteiger charge is -2.38. The Balaban J connectivity index is 1.21. The van der Waals surface area contributed by atoms with Gasteiger partial charge in [0.05, 0.1) is 23.5 Å². The van der Waals surface area contributed by atoms with Crippen LogP contribution in [0.5, 0.6) is 5.75 Å². The first-order valence-corrected chi connectivity index (χ1v) is 12.0. The van der Waals surface area contributed by atoms with Crippen molar-refractivity contribution in [2.45, 2.75) is 56.8 Å². The van der Waals surface area contributed by atoms with Gasteiger partial charge in [-0.25, -0.2) is 0 Å². The molecule has 196 valence electrons. The molecule has 1 atom stereocenters. The van der Waals surface area contributed by atoms with Crippen LogP contribution in [0.1, 0.15) is 53.0 Å². The van der Waals surface area contributed by atoms with E-state index in [-0.39, 0.29) is 37.0 Å². The van der Waals surface area contributed by atoms with E-state index in [1.54, 1.807) is 24.3 Å². The highest BCUT2D eigenvalue weighted by molar-refractivity contribution is 6.05. The number of likely N-dealkylation sites (tertiary alicyclic amines) is 1. The molecule has 4 heterocycles. The number of fused-ring (bicyclic) bond motifs is 1. The predicted octanol–water partition coefficient (Wildman–Crippen LogP) is 2.22. The van der Waals surface area contributed by atoms with Gasteiger partial charge in [0.1, 0.15) is 17.4 Å². The molecule has 0 spiro atoms. The number of carbonyl (C=O) groups is 3. The van der Waals surface area contributed by atoms with Crippen LogP contribution in [-0.4, -0.2) is 63.1 Å². The van der Waals surface area contributed by atoms with Gasteiger partial charge >= 0.3 is 6.36 Å². The smallest absolute Gasteiger partial charge is 0.406 e. The molecule has 0 aliphatic carbocycles. The molecule has 0 bridgehead atoms. The van der Waals surface area contributed by atoms with Crippen molar-refractivity contribution in [1.82, 2.24) is 20.1 Å². The Hall–Kier alpha value is -3.51. The Labute approximate surface area is 210 Å². The summed E-state index contributed by atoms with van der Waals surface area (Å²) in [6, 6.07) is 8.24. The molecule has 1 aromatic carbocycles. The standard InChI is InChI=1S/C25H25F3N4O5/c26-25(27,28)37-16-3-1-15(2-4-16)13-31-11-9-24(36,10-12-31)20-7-5-17-18(29-20)14-32(23(17)35)19-6-8-21(33)30-22(19)34/h1-5,7,19,36H,6,8-14H2,(H,30,33,34). The Morgan fingerprint density at radius 1 is 1.08 bits per heavy atom. The summed E-state index contributed by atoms with van der Waals surface area (Å²) in [6.45, 7) is 1.72. The van der Waals surface area contributed by atoms with Gasteiger partial charge in [0.15, 0.2) is 0 Å². The van der Waals surface area contributed by atoms with E-state index in [4.69, 9.17) is 0 Å². The molecule has 2 saturated heterocycles. The number of amides is 3. The Bertz CT molecular complexity index is 1230. The lowest BCUT2D eigenvalue weighted by atomic mass is 9.87. The molecular weight excluding hydrogens is 493 g/mol. The summed E-state index contributed by atoms with van der Waals surface area (Å²) >= 11 is 0. The minimum Gasteiger partial charge on any atom is -0.406 e. The van der Waals surface area contributed by atoms with Crippen molar-refractivity contribution in [3.05, 3.63) is 58.9 Å². The SMILES string of the molecule is O=C1CCC(N2Cc3nc(C4(O)CCN(Cc5ccc(OC(F)(F)F)cc5)CC4)ccc3C2=O)C(=O)N1. The monoisotopic (exact) mass is 518 g/mol. The van der Waals surface area contributed by atoms with Crippen molar-refractivity contribution in [2.24, 2.45) is 0 Å². The molecule has 9 nitrogen and oxygen atoms in total. The predicted molar refractivity (Wildman–Crippen MR) is 122 cm³/mol. The van der Waals surface area contributed by atoms with Crippen molar-refractivity contribution in [1.29, 1.82) is 0 Å². The molecule has 0 saturated carbocycles. The van der Waals surface area contributed by atoms with Gasteiger partial charge in [0, 0.05) is 26.1 Å². The first-order chi connectivity index (χ1) is 17.5. The van der Waals surface area contributed by atoms with Crippen LogP contribution < -0.4 is 10.1 Å². The number of ether oxygens (including phenoxy) is 1. The van der Waals surface area contributed by atoms with E-state index in [0.717, 1.165) is 5.56 Å². The first kappa shape index (κ1) is 25.2. The van der Waals surface area contributed by atoms with Crippen LogP contribution in [0.25, 0.3) is 0 Å². The van der Waals surface area contributed by atoms with Crippen molar-refractivity contribution in [3.8, 4) is 5.75 Å². The zero-order valence-electron chi connectivity index (χ0n) is 19.8. The molecule has 1 unspecified atom stereocenters. The Morgan fingerprint density at radius 3 is 2.43 bits per heavy atom. The van der Waals surface area contributed by atoms with Crippen LogP contribution in [0, 0.1) is 0 Å². The van der Waals surface area contributed by atoms with Crippen molar-refractivity contribution < 1.29 is 37.4 Å². The van der Waals surface area contributed by atoms with Gasteiger partial charge in [-0.05, 0) is 49.1 Å². The molecular formula is C25H25F3N4O5. The number of nitrogens with one attached hydrogen (secondary N) is 1. The van der Waals surface area contributed by atoms with Gasteiger partial charge in [-0.3, -0.25) is 29.6 Å². The molecule has 37 heavy (non-hydrogen) atoms. The summed E-state index contributed by atoms with van der Waals surface area (Å²) in [5.41, 5.74) is 0.956. The van der Waals surface area contributed by atoms with E-state index in [9.17, 15) is 32.7 Å².